The lowest BCUT2D eigenvalue weighted by atomic mass is 10.2. The molecule has 0 aliphatic carbocycles. The summed E-state index contributed by atoms with van der Waals surface area (Å²) < 4.78 is 44.0. The number of rotatable bonds is 7. The summed E-state index contributed by atoms with van der Waals surface area (Å²) in [5.74, 6) is -0.567. The first-order valence-corrected chi connectivity index (χ1v) is 7.28. The zero-order valence-electron chi connectivity index (χ0n) is 10.9. The topological polar surface area (TPSA) is 75.6 Å². The molecule has 1 atom stereocenters. The maximum Gasteiger partial charge on any atom is 0.240 e. The second-order valence-electron chi connectivity index (χ2n) is 4.21. The van der Waals surface area contributed by atoms with Gasteiger partial charge in [0.15, 0.2) is 0 Å². The molecule has 2 N–H and O–H groups in total. The fourth-order valence-electron chi connectivity index (χ4n) is 1.46. The molecule has 0 aliphatic heterocycles. The van der Waals surface area contributed by atoms with Crippen LogP contribution >= 0.6 is 0 Å². The molecule has 0 saturated carbocycles. The van der Waals surface area contributed by atoms with Gasteiger partial charge in [0, 0.05) is 13.7 Å². The van der Waals surface area contributed by atoms with Crippen molar-refractivity contribution >= 4 is 10.0 Å². The Hall–Kier alpha value is -1.02. The monoisotopic (exact) mass is 291 g/mol. The number of methoxy groups -OCH3 is 1. The van der Waals surface area contributed by atoms with Crippen molar-refractivity contribution in [2.45, 2.75) is 24.3 Å². The zero-order valence-corrected chi connectivity index (χ0v) is 11.7. The smallest absolute Gasteiger partial charge is 0.240 e. The third-order valence-corrected chi connectivity index (χ3v) is 4.04. The Morgan fingerprint density at radius 3 is 2.74 bits per heavy atom. The Labute approximate surface area is 112 Å². The van der Waals surface area contributed by atoms with Crippen molar-refractivity contribution in [3.63, 3.8) is 0 Å². The van der Waals surface area contributed by atoms with Crippen molar-refractivity contribution < 1.29 is 22.7 Å². The van der Waals surface area contributed by atoms with Crippen LogP contribution in [0, 0.1) is 12.7 Å². The van der Waals surface area contributed by atoms with E-state index < -0.39 is 21.9 Å². The largest absolute Gasteiger partial charge is 0.391 e. The summed E-state index contributed by atoms with van der Waals surface area (Å²) in [7, 11) is -2.31. The molecule has 5 nitrogen and oxygen atoms in total. The zero-order chi connectivity index (χ0) is 14.5. The highest BCUT2D eigenvalue weighted by molar-refractivity contribution is 7.89. The van der Waals surface area contributed by atoms with E-state index >= 15 is 0 Å². The van der Waals surface area contributed by atoms with Gasteiger partial charge in [-0.1, -0.05) is 6.07 Å². The van der Waals surface area contributed by atoms with E-state index in [4.69, 9.17) is 4.74 Å². The van der Waals surface area contributed by atoms with E-state index in [2.05, 4.69) is 4.72 Å². The van der Waals surface area contributed by atoms with E-state index in [9.17, 15) is 17.9 Å². The van der Waals surface area contributed by atoms with Crippen LogP contribution in [0.15, 0.2) is 23.1 Å². The Morgan fingerprint density at radius 1 is 1.47 bits per heavy atom. The highest BCUT2D eigenvalue weighted by atomic mass is 32.2. The lowest BCUT2D eigenvalue weighted by Crippen LogP contribution is -2.28. The Morgan fingerprint density at radius 2 is 2.16 bits per heavy atom. The van der Waals surface area contributed by atoms with Gasteiger partial charge in [-0.3, -0.25) is 0 Å². The fraction of sp³-hybridized carbons (Fsp3) is 0.500. The molecule has 0 fully saturated rings. The van der Waals surface area contributed by atoms with Gasteiger partial charge >= 0.3 is 0 Å². The normalized spacial score (nSPS) is 13.5. The summed E-state index contributed by atoms with van der Waals surface area (Å²) in [6, 6.07) is 3.72. The molecule has 0 bridgehead atoms. The lowest BCUT2D eigenvalue weighted by Gasteiger charge is -2.11. The van der Waals surface area contributed by atoms with E-state index in [1.54, 1.807) is 6.92 Å². The third kappa shape index (κ3) is 4.87. The molecule has 1 rings (SSSR count). The SMILES string of the molecule is COCC(O)CCNS(=O)(=O)c1ccc(C)c(F)c1. The first-order chi connectivity index (χ1) is 8.86. The molecule has 108 valence electrons. The quantitative estimate of drug-likeness (QED) is 0.779. The number of sulfonamides is 1. The maximum absolute atomic E-state index is 13.3. The lowest BCUT2D eigenvalue weighted by molar-refractivity contribution is 0.0603. The van der Waals surface area contributed by atoms with Crippen LogP contribution in [0.3, 0.4) is 0 Å². The molecule has 1 aromatic rings. The van der Waals surface area contributed by atoms with Crippen LogP contribution in [0.5, 0.6) is 0 Å². The van der Waals surface area contributed by atoms with Crippen molar-refractivity contribution in [2.75, 3.05) is 20.3 Å². The van der Waals surface area contributed by atoms with Crippen LogP contribution in [0.4, 0.5) is 4.39 Å². The number of aryl methyl sites for hydroxylation is 1. The molecule has 7 heteroatoms. The number of benzene rings is 1. The highest BCUT2D eigenvalue weighted by Gasteiger charge is 2.15. The van der Waals surface area contributed by atoms with E-state index in [0.717, 1.165) is 6.07 Å². The van der Waals surface area contributed by atoms with Gasteiger partial charge in [0.1, 0.15) is 5.82 Å². The van der Waals surface area contributed by atoms with Crippen LogP contribution in [-0.2, 0) is 14.8 Å². The molecule has 19 heavy (non-hydrogen) atoms. The first kappa shape index (κ1) is 16.0. The highest BCUT2D eigenvalue weighted by Crippen LogP contribution is 2.13. The second kappa shape index (κ2) is 6.95. The Bertz CT molecular complexity index is 518. The summed E-state index contributed by atoms with van der Waals surface area (Å²) in [5, 5.41) is 9.38. The van der Waals surface area contributed by atoms with Crippen molar-refractivity contribution in [1.29, 1.82) is 0 Å². The van der Waals surface area contributed by atoms with Gasteiger partial charge in [0.25, 0.3) is 0 Å². The van der Waals surface area contributed by atoms with E-state index in [-0.39, 0.29) is 24.5 Å². The number of ether oxygens (including phenoxy) is 1. The average Bonchev–Trinajstić information content (AvgIpc) is 2.32. The molecular formula is C12H18FNO4S. The van der Waals surface area contributed by atoms with Crippen molar-refractivity contribution in [1.82, 2.24) is 4.72 Å². The van der Waals surface area contributed by atoms with Gasteiger partial charge in [-0.15, -0.1) is 0 Å². The second-order valence-corrected chi connectivity index (χ2v) is 5.97. The minimum Gasteiger partial charge on any atom is -0.391 e. The molecule has 0 saturated heterocycles. The Balaban J connectivity index is 2.63. The van der Waals surface area contributed by atoms with Gasteiger partial charge in [-0.2, -0.15) is 0 Å². The van der Waals surface area contributed by atoms with Gasteiger partial charge in [-0.25, -0.2) is 17.5 Å². The number of aliphatic hydroxyl groups excluding tert-OH is 1. The molecule has 0 aliphatic rings. The first-order valence-electron chi connectivity index (χ1n) is 5.79. The van der Waals surface area contributed by atoms with Gasteiger partial charge in [0.05, 0.1) is 17.6 Å². The maximum atomic E-state index is 13.3. The van der Waals surface area contributed by atoms with Gasteiger partial charge in [0.2, 0.25) is 10.0 Å². The van der Waals surface area contributed by atoms with Crippen molar-refractivity contribution in [3.8, 4) is 0 Å². The number of aliphatic hydroxyl groups is 1. The summed E-state index contributed by atoms with van der Waals surface area (Å²) in [5.41, 5.74) is 0.384. The minimum absolute atomic E-state index is 0.0579. The summed E-state index contributed by atoms with van der Waals surface area (Å²) in [6.07, 6.45) is -0.510. The van der Waals surface area contributed by atoms with Crippen LogP contribution in [-0.4, -0.2) is 39.9 Å². The fourth-order valence-corrected chi connectivity index (χ4v) is 2.52. The van der Waals surface area contributed by atoms with Gasteiger partial charge < -0.3 is 9.84 Å². The summed E-state index contributed by atoms with van der Waals surface area (Å²) >= 11 is 0. The summed E-state index contributed by atoms with van der Waals surface area (Å²) in [4.78, 5) is -0.128. The standard InChI is InChI=1S/C12H18FNO4S/c1-9-3-4-11(7-12(9)13)19(16,17)14-6-5-10(15)8-18-2/h3-4,7,10,14-15H,5-6,8H2,1-2H3. The number of halogens is 1. The number of nitrogens with one attached hydrogen (secondary N) is 1. The average molecular weight is 291 g/mol. The predicted octanol–water partition coefficient (Wildman–Crippen LogP) is 0.810. The van der Waals surface area contributed by atoms with E-state index in [0.29, 0.717) is 5.56 Å². The molecule has 0 heterocycles. The molecule has 1 unspecified atom stereocenters. The molecule has 1 aromatic carbocycles. The van der Waals surface area contributed by atoms with Crippen LogP contribution < -0.4 is 4.72 Å². The van der Waals surface area contributed by atoms with Crippen LogP contribution in [0.25, 0.3) is 0 Å². The molecule has 0 amide bonds. The predicted molar refractivity (Wildman–Crippen MR) is 68.8 cm³/mol. The number of hydrogen-bond acceptors (Lipinski definition) is 4. The molecule has 0 spiro atoms. The molecular weight excluding hydrogens is 273 g/mol. The number of hydrogen-bond donors (Lipinski definition) is 2. The van der Waals surface area contributed by atoms with Crippen molar-refractivity contribution in [2.24, 2.45) is 0 Å². The third-order valence-electron chi connectivity index (χ3n) is 2.58. The van der Waals surface area contributed by atoms with Gasteiger partial charge in [-0.05, 0) is 31.0 Å². The molecule has 0 aromatic heterocycles. The van der Waals surface area contributed by atoms with E-state index in [1.165, 1.54) is 19.2 Å². The minimum atomic E-state index is -3.75. The Kier molecular flexibility index (Phi) is 5.86. The van der Waals surface area contributed by atoms with Crippen molar-refractivity contribution in [3.05, 3.63) is 29.6 Å². The summed E-state index contributed by atoms with van der Waals surface area (Å²) in [6.45, 7) is 1.75. The van der Waals surface area contributed by atoms with Crippen LogP contribution in [0.2, 0.25) is 0 Å². The van der Waals surface area contributed by atoms with Crippen LogP contribution in [0.1, 0.15) is 12.0 Å². The van der Waals surface area contributed by atoms with E-state index in [1.807, 2.05) is 0 Å². The molecule has 0 radical (unpaired) electrons.